The van der Waals surface area contributed by atoms with Crippen LogP contribution in [0.15, 0.2) is 36.4 Å². The van der Waals surface area contributed by atoms with Crippen LogP contribution in [0.4, 0.5) is 20.2 Å². The minimum atomic E-state index is -0.982. The fourth-order valence-electron chi connectivity index (χ4n) is 1.57. The van der Waals surface area contributed by atoms with Gasteiger partial charge in [-0.15, -0.1) is 0 Å². The van der Waals surface area contributed by atoms with Crippen molar-refractivity contribution in [2.45, 2.75) is 0 Å². The maximum absolute atomic E-state index is 13.0. The van der Waals surface area contributed by atoms with Gasteiger partial charge in [-0.05, 0) is 30.3 Å². The molecule has 0 unspecified atom stereocenters. The molecule has 0 fully saturated rings. The Bertz CT molecular complexity index is 680. The Morgan fingerprint density at radius 3 is 2.33 bits per heavy atom. The first-order chi connectivity index (χ1) is 9.95. The Labute approximate surface area is 129 Å². The molecule has 0 aliphatic heterocycles. The summed E-state index contributed by atoms with van der Waals surface area (Å²) in [5, 5.41) is 5.98. The summed E-state index contributed by atoms with van der Waals surface area (Å²) in [7, 11) is 0. The van der Waals surface area contributed by atoms with E-state index in [1.807, 2.05) is 0 Å². The van der Waals surface area contributed by atoms with E-state index in [0.29, 0.717) is 21.4 Å². The second-order valence-corrected chi connectivity index (χ2v) is 4.97. The lowest BCUT2D eigenvalue weighted by molar-refractivity contribution is -0.114. The standard InChI is InChI=1S/C14H10Cl2F2N2O/c15-10-3-1-9(5-11(10)16)20-14(21)7-19-8-2-4-12(17)13(18)6-8/h1-6,19H,7H2,(H,20,21). The van der Waals surface area contributed by atoms with Crippen LogP contribution in [0.5, 0.6) is 0 Å². The van der Waals surface area contributed by atoms with E-state index in [1.54, 1.807) is 12.1 Å². The van der Waals surface area contributed by atoms with E-state index in [-0.39, 0.29) is 12.5 Å². The summed E-state index contributed by atoms with van der Waals surface area (Å²) in [6.45, 7) is -0.106. The summed E-state index contributed by atoms with van der Waals surface area (Å²) in [6.07, 6.45) is 0. The van der Waals surface area contributed by atoms with Crippen molar-refractivity contribution >= 4 is 40.5 Å². The number of carbonyl (C=O) groups excluding carboxylic acids is 1. The van der Waals surface area contributed by atoms with E-state index in [1.165, 1.54) is 12.1 Å². The molecule has 110 valence electrons. The Morgan fingerprint density at radius 2 is 1.67 bits per heavy atom. The number of hydrogen-bond acceptors (Lipinski definition) is 2. The molecule has 0 bridgehead atoms. The van der Waals surface area contributed by atoms with Gasteiger partial charge in [-0.25, -0.2) is 8.78 Å². The van der Waals surface area contributed by atoms with Crippen LogP contribution in [0.3, 0.4) is 0 Å². The summed E-state index contributed by atoms with van der Waals surface area (Å²) in [6, 6.07) is 7.96. The van der Waals surface area contributed by atoms with Crippen LogP contribution in [0.1, 0.15) is 0 Å². The van der Waals surface area contributed by atoms with E-state index < -0.39 is 11.6 Å². The van der Waals surface area contributed by atoms with Crippen LogP contribution in [-0.4, -0.2) is 12.5 Å². The molecular weight excluding hydrogens is 321 g/mol. The van der Waals surface area contributed by atoms with Crippen molar-refractivity contribution in [2.75, 3.05) is 17.2 Å². The van der Waals surface area contributed by atoms with Crippen molar-refractivity contribution in [2.24, 2.45) is 0 Å². The van der Waals surface area contributed by atoms with Crippen molar-refractivity contribution in [3.8, 4) is 0 Å². The molecule has 2 aromatic carbocycles. The normalized spacial score (nSPS) is 10.3. The summed E-state index contributed by atoms with van der Waals surface area (Å²) in [5.41, 5.74) is 0.791. The van der Waals surface area contributed by atoms with Gasteiger partial charge in [-0.1, -0.05) is 23.2 Å². The minimum Gasteiger partial charge on any atom is -0.376 e. The number of anilines is 2. The van der Waals surface area contributed by atoms with Crippen LogP contribution in [-0.2, 0) is 4.79 Å². The second kappa shape index (κ2) is 6.74. The Hall–Kier alpha value is -1.85. The molecule has 1 amide bonds. The first kappa shape index (κ1) is 15.5. The van der Waals surface area contributed by atoms with Crippen molar-refractivity contribution in [3.63, 3.8) is 0 Å². The number of halogens is 4. The van der Waals surface area contributed by atoms with Crippen molar-refractivity contribution in [1.82, 2.24) is 0 Å². The van der Waals surface area contributed by atoms with Crippen molar-refractivity contribution < 1.29 is 13.6 Å². The number of rotatable bonds is 4. The van der Waals surface area contributed by atoms with Crippen LogP contribution < -0.4 is 10.6 Å². The maximum Gasteiger partial charge on any atom is 0.243 e. The molecule has 0 aromatic heterocycles. The van der Waals surface area contributed by atoms with Crippen LogP contribution in [0.2, 0.25) is 10.0 Å². The zero-order valence-electron chi connectivity index (χ0n) is 10.6. The van der Waals surface area contributed by atoms with Gasteiger partial charge in [0.1, 0.15) is 0 Å². The van der Waals surface area contributed by atoms with Gasteiger partial charge in [0, 0.05) is 17.4 Å². The lowest BCUT2D eigenvalue weighted by Gasteiger charge is -2.08. The average molecular weight is 331 g/mol. The third-order valence-corrected chi connectivity index (χ3v) is 3.32. The van der Waals surface area contributed by atoms with Gasteiger partial charge in [-0.3, -0.25) is 4.79 Å². The largest absolute Gasteiger partial charge is 0.376 e. The van der Waals surface area contributed by atoms with Gasteiger partial charge >= 0.3 is 0 Å². The minimum absolute atomic E-state index is 0.106. The van der Waals surface area contributed by atoms with E-state index in [0.717, 1.165) is 12.1 Å². The highest BCUT2D eigenvalue weighted by Gasteiger charge is 2.06. The molecule has 0 saturated carbocycles. The number of hydrogen-bond donors (Lipinski definition) is 2. The van der Waals surface area contributed by atoms with E-state index in [9.17, 15) is 13.6 Å². The van der Waals surface area contributed by atoms with E-state index in [2.05, 4.69) is 10.6 Å². The molecule has 7 heteroatoms. The monoisotopic (exact) mass is 330 g/mol. The molecule has 21 heavy (non-hydrogen) atoms. The lowest BCUT2D eigenvalue weighted by atomic mass is 10.3. The van der Waals surface area contributed by atoms with Gasteiger partial charge in [0.25, 0.3) is 0 Å². The molecule has 0 spiro atoms. The summed E-state index contributed by atoms with van der Waals surface area (Å²) < 4.78 is 25.7. The first-order valence-corrected chi connectivity index (χ1v) is 6.65. The Morgan fingerprint density at radius 1 is 0.952 bits per heavy atom. The molecule has 0 atom stereocenters. The molecular formula is C14H10Cl2F2N2O. The highest BCUT2D eigenvalue weighted by atomic mass is 35.5. The number of amides is 1. The third kappa shape index (κ3) is 4.31. The maximum atomic E-state index is 13.0. The van der Waals surface area contributed by atoms with Gasteiger partial charge in [0.15, 0.2) is 11.6 Å². The predicted molar refractivity (Wildman–Crippen MR) is 79.9 cm³/mol. The summed E-state index contributed by atoms with van der Waals surface area (Å²) in [5.74, 6) is -2.29. The van der Waals surface area contributed by atoms with Crippen LogP contribution >= 0.6 is 23.2 Å². The van der Waals surface area contributed by atoms with Crippen LogP contribution in [0.25, 0.3) is 0 Å². The smallest absolute Gasteiger partial charge is 0.243 e. The van der Waals surface area contributed by atoms with Crippen LogP contribution in [0, 0.1) is 11.6 Å². The Balaban J connectivity index is 1.92. The Kier molecular flexibility index (Phi) is 4.98. The zero-order valence-corrected chi connectivity index (χ0v) is 12.1. The molecule has 2 rings (SSSR count). The van der Waals surface area contributed by atoms with Crippen molar-refractivity contribution in [1.29, 1.82) is 0 Å². The first-order valence-electron chi connectivity index (χ1n) is 5.89. The van der Waals surface area contributed by atoms with Gasteiger partial charge in [0.2, 0.25) is 5.91 Å². The topological polar surface area (TPSA) is 41.1 Å². The summed E-state index contributed by atoms with van der Waals surface area (Å²) >= 11 is 11.6. The highest BCUT2D eigenvalue weighted by Crippen LogP contribution is 2.24. The third-order valence-electron chi connectivity index (χ3n) is 2.58. The molecule has 0 heterocycles. The molecule has 2 N–H and O–H groups in total. The van der Waals surface area contributed by atoms with E-state index in [4.69, 9.17) is 23.2 Å². The number of carbonyl (C=O) groups is 1. The molecule has 0 aliphatic rings. The van der Waals surface area contributed by atoms with Gasteiger partial charge in [-0.2, -0.15) is 0 Å². The second-order valence-electron chi connectivity index (χ2n) is 4.16. The fraction of sp³-hybridized carbons (Fsp3) is 0.0714. The fourth-order valence-corrected chi connectivity index (χ4v) is 1.87. The molecule has 2 aromatic rings. The number of benzene rings is 2. The zero-order chi connectivity index (χ0) is 15.4. The molecule has 0 aliphatic carbocycles. The average Bonchev–Trinajstić information content (AvgIpc) is 2.44. The predicted octanol–water partition coefficient (Wildman–Crippen LogP) is 4.32. The van der Waals surface area contributed by atoms with Crippen molar-refractivity contribution in [3.05, 3.63) is 58.1 Å². The summed E-state index contributed by atoms with van der Waals surface area (Å²) in [4.78, 5) is 11.7. The highest BCUT2D eigenvalue weighted by molar-refractivity contribution is 6.42. The SMILES string of the molecule is O=C(CNc1ccc(F)c(F)c1)Nc1ccc(Cl)c(Cl)c1. The number of nitrogens with one attached hydrogen (secondary N) is 2. The van der Waals surface area contributed by atoms with Gasteiger partial charge in [0.05, 0.1) is 16.6 Å². The quantitative estimate of drug-likeness (QED) is 0.876. The molecule has 0 saturated heterocycles. The van der Waals surface area contributed by atoms with E-state index >= 15 is 0 Å². The lowest BCUT2D eigenvalue weighted by Crippen LogP contribution is -2.21. The van der Waals surface area contributed by atoms with Gasteiger partial charge < -0.3 is 10.6 Å². The molecule has 0 radical (unpaired) electrons. The molecule has 3 nitrogen and oxygen atoms in total.